The molecule has 0 amide bonds. The fourth-order valence-corrected chi connectivity index (χ4v) is 3.37. The third-order valence-electron chi connectivity index (χ3n) is 5.35. The fraction of sp³-hybridized carbons (Fsp3) is 0.500. The molecule has 0 saturated heterocycles. The minimum absolute atomic E-state index is 0.0413. The molecule has 0 aliphatic heterocycles. The number of unbranched alkanes of at least 4 members (excludes halogenated alkanes) is 1. The summed E-state index contributed by atoms with van der Waals surface area (Å²) >= 11 is 0. The molecule has 7 N–H and O–H groups in total. The number of aromatic nitrogens is 1. The first-order valence-corrected chi connectivity index (χ1v) is 11.4. The van der Waals surface area contributed by atoms with Crippen LogP contribution in [0.15, 0.2) is 52.1 Å². The van der Waals surface area contributed by atoms with Crippen molar-refractivity contribution in [2.24, 2.45) is 22.2 Å². The molecule has 1 aromatic rings. The topological polar surface area (TPSA) is 125 Å². The number of hydrogen-bond donors (Lipinski definition) is 4. The van der Waals surface area contributed by atoms with Gasteiger partial charge in [-0.1, -0.05) is 5.57 Å². The molecule has 0 aromatic carbocycles. The van der Waals surface area contributed by atoms with Crippen LogP contribution in [-0.4, -0.2) is 37.1 Å². The van der Waals surface area contributed by atoms with Gasteiger partial charge in [0.1, 0.15) is 0 Å². The van der Waals surface area contributed by atoms with Gasteiger partial charge in [-0.15, -0.1) is 0 Å². The Balaban J connectivity index is 2.09. The summed E-state index contributed by atoms with van der Waals surface area (Å²) in [5.41, 5.74) is 22.6. The molecule has 0 bridgehead atoms. The summed E-state index contributed by atoms with van der Waals surface area (Å²) in [4.78, 5) is 8.50. The standard InChI is InChI=1S/C24H35F3N6O/c1-17-11-18(14-33-23(17)34-16-24(25,26)27)13-31-15-20(21(30)7-9-29)12-22(19-5-4-6-19)32-10-3-2-8-28/h7,9,11,14-15,32H,2-6,8,10,12-13,16,28-30H2,1H3/b9-7-,21-20?,31-15?. The van der Waals surface area contributed by atoms with E-state index in [1.54, 1.807) is 25.3 Å². The molecule has 0 unspecified atom stereocenters. The molecule has 1 fully saturated rings. The van der Waals surface area contributed by atoms with Crippen LogP contribution < -0.4 is 27.3 Å². The lowest BCUT2D eigenvalue weighted by molar-refractivity contribution is -0.154. The van der Waals surface area contributed by atoms with E-state index in [0.29, 0.717) is 30.8 Å². The van der Waals surface area contributed by atoms with Crippen molar-refractivity contribution in [2.75, 3.05) is 19.7 Å². The second-order valence-corrected chi connectivity index (χ2v) is 8.21. The zero-order valence-corrected chi connectivity index (χ0v) is 19.6. The van der Waals surface area contributed by atoms with E-state index in [2.05, 4.69) is 15.3 Å². The van der Waals surface area contributed by atoms with Gasteiger partial charge in [-0.05, 0) is 75.1 Å². The number of nitrogens with zero attached hydrogens (tertiary/aromatic N) is 2. The first kappa shape index (κ1) is 27.2. The number of pyridine rings is 1. The average Bonchev–Trinajstić information content (AvgIpc) is 2.73. The van der Waals surface area contributed by atoms with Crippen LogP contribution in [0.5, 0.6) is 5.88 Å². The van der Waals surface area contributed by atoms with Crippen LogP contribution >= 0.6 is 0 Å². The number of nitrogens with one attached hydrogen (secondary N) is 1. The monoisotopic (exact) mass is 480 g/mol. The van der Waals surface area contributed by atoms with Crippen molar-refractivity contribution < 1.29 is 17.9 Å². The van der Waals surface area contributed by atoms with Crippen LogP contribution in [0.1, 0.15) is 49.7 Å². The van der Waals surface area contributed by atoms with Crippen molar-refractivity contribution >= 4 is 6.21 Å². The molecule has 34 heavy (non-hydrogen) atoms. The quantitative estimate of drug-likeness (QED) is 0.194. The highest BCUT2D eigenvalue weighted by atomic mass is 19.4. The number of aryl methyl sites for hydroxylation is 1. The average molecular weight is 481 g/mol. The number of alkyl halides is 3. The van der Waals surface area contributed by atoms with Crippen molar-refractivity contribution in [1.82, 2.24) is 10.3 Å². The summed E-state index contributed by atoms with van der Waals surface area (Å²) in [6.45, 7) is 2.09. The summed E-state index contributed by atoms with van der Waals surface area (Å²) in [7, 11) is 0. The van der Waals surface area contributed by atoms with Gasteiger partial charge >= 0.3 is 6.18 Å². The Bertz CT molecular complexity index is 916. The second-order valence-electron chi connectivity index (χ2n) is 8.21. The van der Waals surface area contributed by atoms with Gasteiger partial charge in [0.05, 0.1) is 6.54 Å². The molecule has 2 rings (SSSR count). The maximum Gasteiger partial charge on any atom is 0.422 e. The van der Waals surface area contributed by atoms with E-state index in [1.165, 1.54) is 30.1 Å². The number of ether oxygens (including phenoxy) is 1. The van der Waals surface area contributed by atoms with Gasteiger partial charge in [0.25, 0.3) is 0 Å². The number of hydrogen-bond acceptors (Lipinski definition) is 7. The third kappa shape index (κ3) is 9.46. The normalized spacial score (nSPS) is 14.9. The van der Waals surface area contributed by atoms with Crippen molar-refractivity contribution in [1.29, 1.82) is 0 Å². The molecule has 1 heterocycles. The zero-order chi connectivity index (χ0) is 25.0. The Morgan fingerprint density at radius 1 is 1.29 bits per heavy atom. The molecule has 188 valence electrons. The van der Waals surface area contributed by atoms with E-state index >= 15 is 0 Å². The Hall–Kier alpha value is -3.01. The number of rotatable bonds is 13. The maximum atomic E-state index is 12.4. The van der Waals surface area contributed by atoms with Crippen molar-refractivity contribution in [3.63, 3.8) is 0 Å². The predicted octanol–water partition coefficient (Wildman–Crippen LogP) is 3.74. The SMILES string of the molecule is Cc1cc(CN=CC(CC(NCCCCN)=C2CCC2)=C(N)/C=C\N)cnc1OCC(F)(F)F. The number of aliphatic imine (C=N–C) groups is 1. The third-order valence-corrected chi connectivity index (χ3v) is 5.35. The van der Waals surface area contributed by atoms with Crippen molar-refractivity contribution in [2.45, 2.75) is 58.2 Å². The van der Waals surface area contributed by atoms with E-state index in [-0.39, 0.29) is 5.88 Å². The Kier molecular flexibility index (Phi) is 10.9. The van der Waals surface area contributed by atoms with E-state index in [0.717, 1.165) is 43.4 Å². The molecular weight excluding hydrogens is 445 g/mol. The second kappa shape index (κ2) is 13.6. The summed E-state index contributed by atoms with van der Waals surface area (Å²) in [5.74, 6) is -0.0413. The van der Waals surface area contributed by atoms with Gasteiger partial charge in [0, 0.05) is 42.3 Å². The molecule has 1 aliphatic rings. The van der Waals surface area contributed by atoms with Gasteiger partial charge in [-0.3, -0.25) is 4.99 Å². The molecule has 7 nitrogen and oxygen atoms in total. The van der Waals surface area contributed by atoms with Gasteiger partial charge in [-0.25, -0.2) is 4.98 Å². The van der Waals surface area contributed by atoms with Gasteiger partial charge in [-0.2, -0.15) is 13.2 Å². The van der Waals surface area contributed by atoms with Crippen LogP contribution in [0, 0.1) is 6.92 Å². The first-order valence-electron chi connectivity index (χ1n) is 11.4. The highest BCUT2D eigenvalue weighted by Crippen LogP contribution is 2.30. The van der Waals surface area contributed by atoms with E-state index in [4.69, 9.17) is 21.9 Å². The van der Waals surface area contributed by atoms with Crippen LogP contribution in [0.25, 0.3) is 0 Å². The first-order chi connectivity index (χ1) is 16.2. The maximum absolute atomic E-state index is 12.4. The molecular formula is C24H35F3N6O. The lowest BCUT2D eigenvalue weighted by atomic mass is 9.88. The van der Waals surface area contributed by atoms with E-state index in [1.807, 2.05) is 0 Å². The Morgan fingerprint density at radius 2 is 2.06 bits per heavy atom. The van der Waals surface area contributed by atoms with Gasteiger partial charge in [0.2, 0.25) is 5.88 Å². The van der Waals surface area contributed by atoms with Crippen LogP contribution in [0.4, 0.5) is 13.2 Å². The van der Waals surface area contributed by atoms with Crippen molar-refractivity contribution in [3.05, 3.63) is 58.2 Å². The smallest absolute Gasteiger partial charge is 0.422 e. The van der Waals surface area contributed by atoms with E-state index < -0.39 is 12.8 Å². The minimum Gasteiger partial charge on any atom is -0.468 e. The largest absolute Gasteiger partial charge is 0.468 e. The fourth-order valence-electron chi connectivity index (χ4n) is 3.37. The zero-order valence-electron chi connectivity index (χ0n) is 19.6. The lowest BCUT2D eigenvalue weighted by Gasteiger charge is -2.24. The molecule has 0 atom stereocenters. The lowest BCUT2D eigenvalue weighted by Crippen LogP contribution is -2.21. The molecule has 0 spiro atoms. The van der Waals surface area contributed by atoms with Crippen molar-refractivity contribution in [3.8, 4) is 5.88 Å². The van der Waals surface area contributed by atoms with Gasteiger partial charge < -0.3 is 27.3 Å². The van der Waals surface area contributed by atoms with Crippen LogP contribution in [0.2, 0.25) is 0 Å². The summed E-state index contributed by atoms with van der Waals surface area (Å²) < 4.78 is 41.9. The molecule has 0 radical (unpaired) electrons. The molecule has 1 saturated carbocycles. The van der Waals surface area contributed by atoms with E-state index in [9.17, 15) is 13.2 Å². The highest BCUT2D eigenvalue weighted by molar-refractivity contribution is 5.81. The summed E-state index contributed by atoms with van der Waals surface area (Å²) in [6, 6.07) is 1.71. The summed E-state index contributed by atoms with van der Waals surface area (Å²) in [6.07, 6.45) is 7.70. The molecule has 1 aliphatic carbocycles. The van der Waals surface area contributed by atoms with Crippen LogP contribution in [-0.2, 0) is 6.54 Å². The van der Waals surface area contributed by atoms with Crippen LogP contribution in [0.3, 0.4) is 0 Å². The Morgan fingerprint density at radius 3 is 2.65 bits per heavy atom. The number of allylic oxidation sites excluding steroid dienone is 3. The minimum atomic E-state index is -4.41. The van der Waals surface area contributed by atoms with Gasteiger partial charge in [0.15, 0.2) is 6.61 Å². The molecule has 10 heteroatoms. The summed E-state index contributed by atoms with van der Waals surface area (Å²) in [5, 5.41) is 3.54. The number of halogens is 3. The Labute approximate surface area is 199 Å². The highest BCUT2D eigenvalue weighted by Gasteiger charge is 2.29. The predicted molar refractivity (Wildman–Crippen MR) is 129 cm³/mol. The molecule has 1 aromatic heterocycles. The number of nitrogens with two attached hydrogens (primary N) is 3.